The number of fused-ring (bicyclic) bond motifs is 1. The second-order valence-electron chi connectivity index (χ2n) is 5.38. The molecule has 0 saturated carbocycles. The Kier molecular flexibility index (Phi) is 2.61. The van der Waals surface area contributed by atoms with Gasteiger partial charge >= 0.3 is 0 Å². The van der Waals surface area contributed by atoms with Crippen LogP contribution in [-0.4, -0.2) is 18.9 Å². The van der Waals surface area contributed by atoms with E-state index in [-0.39, 0.29) is 5.54 Å². The molecule has 0 bridgehead atoms. The molecule has 2 nitrogen and oxygen atoms in total. The van der Waals surface area contributed by atoms with E-state index < -0.39 is 0 Å². The molecule has 0 spiro atoms. The molecule has 0 radical (unpaired) electrons. The Hall–Kier alpha value is -1.57. The Morgan fingerprint density at radius 3 is 2.47 bits per heavy atom. The van der Waals surface area contributed by atoms with Gasteiger partial charge in [0.15, 0.2) is 0 Å². The molecule has 1 aromatic rings. The Morgan fingerprint density at radius 1 is 1.24 bits per heavy atom. The molecular weight excluding hydrogens is 210 g/mol. The number of rotatable bonds is 1. The quantitative estimate of drug-likeness (QED) is 0.687. The third kappa shape index (κ3) is 1.78. The van der Waals surface area contributed by atoms with E-state index in [1.54, 1.807) is 0 Å². The van der Waals surface area contributed by atoms with Gasteiger partial charge in [0, 0.05) is 23.9 Å². The van der Waals surface area contributed by atoms with Gasteiger partial charge < -0.3 is 4.90 Å². The maximum atomic E-state index is 11.0. The highest BCUT2D eigenvalue weighted by atomic mass is 16.1. The maximum absolute atomic E-state index is 11.0. The molecule has 0 amide bonds. The van der Waals surface area contributed by atoms with E-state index in [1.807, 2.05) is 13.0 Å². The van der Waals surface area contributed by atoms with Gasteiger partial charge in [-0.25, -0.2) is 0 Å². The van der Waals surface area contributed by atoms with Gasteiger partial charge in [0.05, 0.1) is 5.54 Å². The first-order chi connectivity index (χ1) is 7.86. The summed E-state index contributed by atoms with van der Waals surface area (Å²) in [7, 11) is 2.10. The highest BCUT2D eigenvalue weighted by Gasteiger charge is 2.28. The molecule has 0 fully saturated rings. The van der Waals surface area contributed by atoms with E-state index >= 15 is 0 Å². The molecule has 0 aliphatic carbocycles. The molecule has 1 heterocycles. The summed E-state index contributed by atoms with van der Waals surface area (Å²) in [5.74, 6) is 0. The number of aryl methyl sites for hydroxylation is 1. The fourth-order valence-corrected chi connectivity index (χ4v) is 2.44. The normalized spacial score (nSPS) is 17.5. The second kappa shape index (κ2) is 3.73. The number of allylic oxidation sites excluding steroid dienone is 1. The first-order valence-electron chi connectivity index (χ1n) is 5.90. The lowest BCUT2D eigenvalue weighted by Crippen LogP contribution is -2.42. The molecule has 0 N–H and O–H groups in total. The predicted octanol–water partition coefficient (Wildman–Crippen LogP) is 3.44. The molecule has 17 heavy (non-hydrogen) atoms. The maximum Gasteiger partial charge on any atom is 0.150 e. The van der Waals surface area contributed by atoms with Gasteiger partial charge in [-0.2, -0.15) is 0 Å². The van der Waals surface area contributed by atoms with Gasteiger partial charge in [-0.15, -0.1) is 0 Å². The summed E-state index contributed by atoms with van der Waals surface area (Å²) in [6, 6.07) is 4.10. The lowest BCUT2D eigenvalue weighted by Gasteiger charge is -2.41. The van der Waals surface area contributed by atoms with Gasteiger partial charge in [0.1, 0.15) is 6.29 Å². The van der Waals surface area contributed by atoms with Crippen molar-refractivity contribution < 1.29 is 4.79 Å². The van der Waals surface area contributed by atoms with E-state index in [0.29, 0.717) is 0 Å². The van der Waals surface area contributed by atoms with Crippen LogP contribution in [0.15, 0.2) is 18.2 Å². The molecule has 0 saturated heterocycles. The van der Waals surface area contributed by atoms with Gasteiger partial charge in [-0.05, 0) is 51.0 Å². The number of aldehydes is 1. The van der Waals surface area contributed by atoms with Crippen molar-refractivity contribution in [3.63, 3.8) is 0 Å². The third-order valence-electron chi connectivity index (χ3n) is 3.73. The third-order valence-corrected chi connectivity index (χ3v) is 3.73. The van der Waals surface area contributed by atoms with E-state index in [0.717, 1.165) is 17.4 Å². The number of likely N-dealkylation sites (N-methyl/N-ethyl adjacent to an activating group) is 1. The van der Waals surface area contributed by atoms with Crippen LogP contribution in [0.4, 0.5) is 5.69 Å². The standard InChI is InChI=1S/C15H19NO/c1-10-6-14-13(7-12(10)9-17)11(2)8-15(3,4)16(14)5/h6-9H,1-5H3. The van der Waals surface area contributed by atoms with Crippen LogP contribution >= 0.6 is 0 Å². The number of anilines is 1. The Morgan fingerprint density at radius 2 is 1.88 bits per heavy atom. The number of nitrogens with zero attached hydrogens (tertiary/aromatic N) is 1. The smallest absolute Gasteiger partial charge is 0.150 e. The molecular formula is C15H19NO. The van der Waals surface area contributed by atoms with Crippen molar-refractivity contribution >= 4 is 17.5 Å². The zero-order valence-electron chi connectivity index (χ0n) is 11.2. The van der Waals surface area contributed by atoms with Crippen molar-refractivity contribution in [3.8, 4) is 0 Å². The van der Waals surface area contributed by atoms with Crippen LogP contribution in [0.25, 0.3) is 5.57 Å². The summed E-state index contributed by atoms with van der Waals surface area (Å²) >= 11 is 0. The van der Waals surface area contributed by atoms with E-state index in [9.17, 15) is 4.79 Å². The molecule has 0 aromatic heterocycles. The van der Waals surface area contributed by atoms with Crippen molar-refractivity contribution in [1.82, 2.24) is 0 Å². The topological polar surface area (TPSA) is 20.3 Å². The molecule has 2 rings (SSSR count). The SMILES string of the molecule is CC1=CC(C)(C)N(C)c2cc(C)c(C=O)cc21. The lowest BCUT2D eigenvalue weighted by molar-refractivity contribution is 0.112. The number of hydrogen-bond donors (Lipinski definition) is 0. The van der Waals surface area contributed by atoms with E-state index in [4.69, 9.17) is 0 Å². The van der Waals surface area contributed by atoms with Crippen LogP contribution in [0.1, 0.15) is 42.3 Å². The van der Waals surface area contributed by atoms with Crippen molar-refractivity contribution in [2.24, 2.45) is 0 Å². The zero-order chi connectivity index (χ0) is 12.8. The van der Waals surface area contributed by atoms with Crippen molar-refractivity contribution in [2.45, 2.75) is 33.2 Å². The predicted molar refractivity (Wildman–Crippen MR) is 72.7 cm³/mol. The average molecular weight is 229 g/mol. The van der Waals surface area contributed by atoms with Crippen LogP contribution in [0.3, 0.4) is 0 Å². The summed E-state index contributed by atoms with van der Waals surface area (Å²) in [6.07, 6.45) is 3.18. The fourth-order valence-electron chi connectivity index (χ4n) is 2.44. The van der Waals surface area contributed by atoms with E-state index in [1.165, 1.54) is 16.8 Å². The van der Waals surface area contributed by atoms with Crippen LogP contribution in [0.2, 0.25) is 0 Å². The second-order valence-corrected chi connectivity index (χ2v) is 5.38. The number of carbonyl (C=O) groups excluding carboxylic acids is 1. The number of carbonyl (C=O) groups is 1. The minimum absolute atomic E-state index is 0.0201. The fraction of sp³-hybridized carbons (Fsp3) is 0.400. The van der Waals surface area contributed by atoms with Gasteiger partial charge in [-0.1, -0.05) is 6.08 Å². The van der Waals surface area contributed by atoms with E-state index in [2.05, 4.69) is 44.9 Å². The number of benzene rings is 1. The average Bonchev–Trinajstić information content (AvgIpc) is 2.25. The van der Waals surface area contributed by atoms with Crippen molar-refractivity contribution in [3.05, 3.63) is 34.9 Å². The summed E-state index contributed by atoms with van der Waals surface area (Å²) in [6.45, 7) is 8.49. The molecule has 1 aliphatic rings. The summed E-state index contributed by atoms with van der Waals surface area (Å²) in [5.41, 5.74) is 5.45. The Labute approximate surface area is 103 Å². The summed E-state index contributed by atoms with van der Waals surface area (Å²) in [5, 5.41) is 0. The minimum atomic E-state index is 0.0201. The van der Waals surface area contributed by atoms with Gasteiger partial charge in [0.2, 0.25) is 0 Å². The molecule has 2 heteroatoms. The van der Waals surface area contributed by atoms with Gasteiger partial charge in [0.25, 0.3) is 0 Å². The molecule has 0 atom stereocenters. The number of hydrogen-bond acceptors (Lipinski definition) is 2. The van der Waals surface area contributed by atoms with Crippen LogP contribution in [-0.2, 0) is 0 Å². The minimum Gasteiger partial charge on any atom is -0.365 e. The molecule has 1 aliphatic heterocycles. The van der Waals surface area contributed by atoms with Gasteiger partial charge in [-0.3, -0.25) is 4.79 Å². The summed E-state index contributed by atoms with van der Waals surface area (Å²) < 4.78 is 0. The van der Waals surface area contributed by atoms with Crippen LogP contribution in [0.5, 0.6) is 0 Å². The summed E-state index contributed by atoms with van der Waals surface area (Å²) in [4.78, 5) is 13.3. The van der Waals surface area contributed by atoms with Crippen molar-refractivity contribution in [2.75, 3.05) is 11.9 Å². The first kappa shape index (κ1) is 11.9. The highest BCUT2D eigenvalue weighted by Crippen LogP contribution is 2.38. The van der Waals surface area contributed by atoms with Crippen LogP contribution < -0.4 is 4.90 Å². The highest BCUT2D eigenvalue weighted by molar-refractivity contribution is 5.87. The molecule has 90 valence electrons. The largest absolute Gasteiger partial charge is 0.365 e. The van der Waals surface area contributed by atoms with Crippen molar-refractivity contribution in [1.29, 1.82) is 0 Å². The van der Waals surface area contributed by atoms with Crippen LogP contribution in [0, 0.1) is 6.92 Å². The first-order valence-corrected chi connectivity index (χ1v) is 5.90. The molecule has 0 unspecified atom stereocenters. The zero-order valence-corrected chi connectivity index (χ0v) is 11.2. The molecule has 1 aromatic carbocycles. The Bertz CT molecular complexity index is 512. The lowest BCUT2D eigenvalue weighted by atomic mass is 9.87. The monoisotopic (exact) mass is 229 g/mol. The Balaban J connectivity index is 2.70.